The van der Waals surface area contributed by atoms with Crippen LogP contribution in [0.1, 0.15) is 23.1 Å². The lowest BCUT2D eigenvalue weighted by Crippen LogP contribution is -2.13. The molecule has 2 rings (SSSR count). The third kappa shape index (κ3) is 1.98. The van der Waals surface area contributed by atoms with Crippen LogP contribution >= 0.6 is 0 Å². The van der Waals surface area contributed by atoms with E-state index in [1.54, 1.807) is 14.2 Å². The molecular weight excluding hydrogens is 190 g/mol. The largest absolute Gasteiger partial charge is 0.496 e. The fraction of sp³-hybridized carbons (Fsp3) is 0.500. The molecule has 1 N–H and O–H groups in total. The van der Waals surface area contributed by atoms with Gasteiger partial charge in [-0.2, -0.15) is 5.48 Å². The number of methoxy groups -OCH3 is 1. The Labute approximate surface area is 90.3 Å². The molecule has 0 radical (unpaired) electrons. The van der Waals surface area contributed by atoms with Crippen molar-refractivity contribution >= 4 is 0 Å². The van der Waals surface area contributed by atoms with E-state index in [9.17, 15) is 0 Å². The SMILES string of the molecule is CONCc1c(OC)ccc2c1CCC2. The molecule has 0 unspecified atom stereocenters. The highest BCUT2D eigenvalue weighted by Crippen LogP contribution is 2.31. The summed E-state index contributed by atoms with van der Waals surface area (Å²) in [6.07, 6.45) is 3.61. The molecule has 15 heavy (non-hydrogen) atoms. The third-order valence-corrected chi connectivity index (χ3v) is 2.97. The molecule has 3 nitrogen and oxygen atoms in total. The number of hydrogen-bond acceptors (Lipinski definition) is 3. The summed E-state index contributed by atoms with van der Waals surface area (Å²) >= 11 is 0. The summed E-state index contributed by atoms with van der Waals surface area (Å²) in [6.45, 7) is 0.711. The monoisotopic (exact) mass is 207 g/mol. The fourth-order valence-electron chi connectivity index (χ4n) is 2.25. The molecule has 0 aliphatic heterocycles. The summed E-state index contributed by atoms with van der Waals surface area (Å²) in [4.78, 5) is 4.90. The molecule has 0 heterocycles. The maximum Gasteiger partial charge on any atom is 0.123 e. The number of ether oxygens (including phenoxy) is 1. The predicted octanol–water partition coefficient (Wildman–Crippen LogP) is 1.83. The van der Waals surface area contributed by atoms with Gasteiger partial charge in [0.2, 0.25) is 0 Å². The minimum atomic E-state index is 0.711. The van der Waals surface area contributed by atoms with E-state index in [1.165, 1.54) is 29.5 Å². The zero-order chi connectivity index (χ0) is 10.7. The molecule has 3 heteroatoms. The van der Waals surface area contributed by atoms with Gasteiger partial charge < -0.3 is 9.57 Å². The molecule has 0 saturated heterocycles. The number of rotatable bonds is 4. The molecule has 0 aromatic heterocycles. The lowest BCUT2D eigenvalue weighted by molar-refractivity contribution is 0.0859. The van der Waals surface area contributed by atoms with E-state index in [1.807, 2.05) is 0 Å². The molecule has 0 atom stereocenters. The van der Waals surface area contributed by atoms with Gasteiger partial charge in [-0.1, -0.05) is 6.07 Å². The number of fused-ring (bicyclic) bond motifs is 1. The highest BCUT2D eigenvalue weighted by molar-refractivity contribution is 5.47. The maximum absolute atomic E-state index is 5.37. The maximum atomic E-state index is 5.37. The van der Waals surface area contributed by atoms with E-state index >= 15 is 0 Å². The highest BCUT2D eigenvalue weighted by atomic mass is 16.6. The van der Waals surface area contributed by atoms with Gasteiger partial charge in [-0.05, 0) is 36.5 Å². The normalized spacial score (nSPS) is 14.0. The summed E-state index contributed by atoms with van der Waals surface area (Å²) in [6, 6.07) is 4.23. The van der Waals surface area contributed by atoms with Crippen LogP contribution in [-0.4, -0.2) is 14.2 Å². The van der Waals surface area contributed by atoms with Crippen molar-refractivity contribution in [2.75, 3.05) is 14.2 Å². The molecule has 0 saturated carbocycles. The van der Waals surface area contributed by atoms with Crippen LogP contribution in [0.5, 0.6) is 5.75 Å². The van der Waals surface area contributed by atoms with Crippen LogP contribution in [0.4, 0.5) is 0 Å². The van der Waals surface area contributed by atoms with Crippen LogP contribution in [0.15, 0.2) is 12.1 Å². The summed E-state index contributed by atoms with van der Waals surface area (Å²) in [5.41, 5.74) is 7.04. The van der Waals surface area contributed by atoms with Gasteiger partial charge in [0.25, 0.3) is 0 Å². The molecule has 1 aromatic carbocycles. The van der Waals surface area contributed by atoms with Crippen LogP contribution in [0.3, 0.4) is 0 Å². The van der Waals surface area contributed by atoms with Crippen molar-refractivity contribution in [2.24, 2.45) is 0 Å². The Kier molecular flexibility index (Phi) is 3.23. The van der Waals surface area contributed by atoms with Gasteiger partial charge in [0.05, 0.1) is 14.2 Å². The van der Waals surface area contributed by atoms with Gasteiger partial charge in [0, 0.05) is 12.1 Å². The fourth-order valence-corrected chi connectivity index (χ4v) is 2.25. The predicted molar refractivity (Wildman–Crippen MR) is 58.9 cm³/mol. The summed E-state index contributed by atoms with van der Waals surface area (Å²) < 4.78 is 5.37. The van der Waals surface area contributed by atoms with Crippen molar-refractivity contribution in [2.45, 2.75) is 25.8 Å². The van der Waals surface area contributed by atoms with E-state index in [2.05, 4.69) is 17.6 Å². The summed E-state index contributed by atoms with van der Waals surface area (Å²) in [5, 5.41) is 0. The van der Waals surface area contributed by atoms with E-state index in [-0.39, 0.29) is 0 Å². The Morgan fingerprint density at radius 3 is 2.87 bits per heavy atom. The van der Waals surface area contributed by atoms with Gasteiger partial charge >= 0.3 is 0 Å². The molecule has 0 amide bonds. The zero-order valence-corrected chi connectivity index (χ0v) is 9.30. The van der Waals surface area contributed by atoms with Crippen LogP contribution in [0, 0.1) is 0 Å². The highest BCUT2D eigenvalue weighted by Gasteiger charge is 2.17. The van der Waals surface area contributed by atoms with E-state index < -0.39 is 0 Å². The average Bonchev–Trinajstić information content (AvgIpc) is 2.73. The molecule has 0 spiro atoms. The molecule has 0 bridgehead atoms. The van der Waals surface area contributed by atoms with Crippen LogP contribution in [0.25, 0.3) is 0 Å². The zero-order valence-electron chi connectivity index (χ0n) is 9.30. The molecule has 82 valence electrons. The summed E-state index contributed by atoms with van der Waals surface area (Å²) in [7, 11) is 3.35. The minimum Gasteiger partial charge on any atom is -0.496 e. The Morgan fingerprint density at radius 2 is 2.13 bits per heavy atom. The van der Waals surface area contributed by atoms with Crippen molar-refractivity contribution in [1.82, 2.24) is 5.48 Å². The van der Waals surface area contributed by atoms with Crippen LogP contribution in [0.2, 0.25) is 0 Å². The molecule has 1 aliphatic rings. The second-order valence-corrected chi connectivity index (χ2v) is 3.76. The van der Waals surface area contributed by atoms with E-state index in [0.29, 0.717) is 6.54 Å². The average molecular weight is 207 g/mol. The lowest BCUT2D eigenvalue weighted by Gasteiger charge is -2.13. The quantitative estimate of drug-likeness (QED) is 0.764. The lowest BCUT2D eigenvalue weighted by atomic mass is 10.0. The Morgan fingerprint density at radius 1 is 1.27 bits per heavy atom. The second-order valence-electron chi connectivity index (χ2n) is 3.76. The van der Waals surface area contributed by atoms with Crippen molar-refractivity contribution < 1.29 is 9.57 Å². The van der Waals surface area contributed by atoms with Gasteiger partial charge in [0.15, 0.2) is 0 Å². The summed E-state index contributed by atoms with van der Waals surface area (Å²) in [5.74, 6) is 0.959. The second kappa shape index (κ2) is 4.64. The Balaban J connectivity index is 2.34. The minimum absolute atomic E-state index is 0.711. The topological polar surface area (TPSA) is 30.5 Å². The Bertz CT molecular complexity index is 350. The van der Waals surface area contributed by atoms with Gasteiger partial charge in [-0.25, -0.2) is 0 Å². The van der Waals surface area contributed by atoms with Crippen molar-refractivity contribution in [1.29, 1.82) is 0 Å². The number of aryl methyl sites for hydroxylation is 1. The van der Waals surface area contributed by atoms with Gasteiger partial charge in [-0.15, -0.1) is 0 Å². The smallest absolute Gasteiger partial charge is 0.123 e. The van der Waals surface area contributed by atoms with E-state index in [4.69, 9.17) is 9.57 Å². The molecule has 0 fully saturated rings. The first-order chi connectivity index (χ1) is 7.36. The number of hydrogen-bond donors (Lipinski definition) is 1. The van der Waals surface area contributed by atoms with Crippen molar-refractivity contribution in [3.8, 4) is 5.75 Å². The van der Waals surface area contributed by atoms with Gasteiger partial charge in [0.1, 0.15) is 5.75 Å². The third-order valence-electron chi connectivity index (χ3n) is 2.97. The van der Waals surface area contributed by atoms with Crippen LogP contribution < -0.4 is 10.2 Å². The number of hydroxylamine groups is 1. The standard InChI is InChI=1S/C12H17NO2/c1-14-12-7-6-9-4-3-5-10(9)11(12)8-13-15-2/h6-7,13H,3-5,8H2,1-2H3. The molecule has 1 aromatic rings. The van der Waals surface area contributed by atoms with Crippen molar-refractivity contribution in [3.63, 3.8) is 0 Å². The molecular formula is C12H17NO2. The number of nitrogens with one attached hydrogen (secondary N) is 1. The van der Waals surface area contributed by atoms with Crippen molar-refractivity contribution in [3.05, 3.63) is 28.8 Å². The van der Waals surface area contributed by atoms with Gasteiger partial charge in [-0.3, -0.25) is 0 Å². The first-order valence-electron chi connectivity index (χ1n) is 5.30. The van der Waals surface area contributed by atoms with Crippen LogP contribution in [-0.2, 0) is 24.2 Å². The Hall–Kier alpha value is -1.06. The number of benzene rings is 1. The van der Waals surface area contributed by atoms with E-state index in [0.717, 1.165) is 12.2 Å². The first-order valence-corrected chi connectivity index (χ1v) is 5.30. The first kappa shape index (κ1) is 10.5. The molecule has 1 aliphatic carbocycles.